The maximum atomic E-state index is 13.3. The number of tetrazole rings is 1. The van der Waals surface area contributed by atoms with Crippen LogP contribution in [0.3, 0.4) is 0 Å². The second-order valence-corrected chi connectivity index (χ2v) is 8.58. The molecule has 3 N–H and O–H groups in total. The molecule has 5 aromatic rings. The second kappa shape index (κ2) is 11.4. The Bertz CT molecular complexity index is 1680. The summed E-state index contributed by atoms with van der Waals surface area (Å²) in [5, 5.41) is 19.6. The summed E-state index contributed by atoms with van der Waals surface area (Å²) >= 11 is 6.15. The number of halogens is 1. The highest BCUT2D eigenvalue weighted by atomic mass is 35.5. The van der Waals surface area contributed by atoms with Crippen molar-refractivity contribution in [2.75, 3.05) is 5.32 Å². The fourth-order valence-corrected chi connectivity index (χ4v) is 3.90. The quantitative estimate of drug-likeness (QED) is 0.252. The largest absolute Gasteiger partial charge is 0.460 e. The molecule has 0 spiro atoms. The van der Waals surface area contributed by atoms with E-state index in [1.807, 2.05) is 6.07 Å². The fourth-order valence-electron chi connectivity index (χ4n) is 3.72. The number of aromatic amines is 1. The van der Waals surface area contributed by atoms with E-state index in [4.69, 9.17) is 11.6 Å². The number of H-pyrrole nitrogens is 1. The van der Waals surface area contributed by atoms with Crippen LogP contribution in [0.2, 0.25) is 5.02 Å². The van der Waals surface area contributed by atoms with Crippen molar-refractivity contribution in [3.8, 4) is 17.1 Å². The van der Waals surface area contributed by atoms with Crippen molar-refractivity contribution in [3.05, 3.63) is 112 Å². The number of aromatic nitrogens is 6. The normalized spacial score (nSPS) is 11.8. The number of anilines is 1. The molecule has 2 amide bonds. The number of hydrogen-bond donors (Lipinski definition) is 3. The van der Waals surface area contributed by atoms with Crippen molar-refractivity contribution in [2.24, 2.45) is 0 Å². The van der Waals surface area contributed by atoms with E-state index >= 15 is 0 Å². The van der Waals surface area contributed by atoms with Crippen LogP contribution in [0.4, 0.5) is 5.69 Å². The van der Waals surface area contributed by atoms with Crippen molar-refractivity contribution in [3.63, 3.8) is 0 Å². The zero-order chi connectivity index (χ0) is 27.2. The molecule has 194 valence electrons. The van der Waals surface area contributed by atoms with Crippen LogP contribution in [0, 0.1) is 0 Å². The van der Waals surface area contributed by atoms with Gasteiger partial charge in [-0.05, 0) is 64.5 Å². The van der Waals surface area contributed by atoms with E-state index in [0.29, 0.717) is 33.1 Å². The number of carbonyl (C=O) groups excluding carboxylic acids is 2. The van der Waals surface area contributed by atoms with Crippen LogP contribution in [0.15, 0.2) is 94.5 Å². The Morgan fingerprint density at radius 2 is 1.85 bits per heavy atom. The van der Waals surface area contributed by atoms with Crippen molar-refractivity contribution < 1.29 is 14.1 Å². The number of nitrogens with one attached hydrogen (secondary N) is 3. The van der Waals surface area contributed by atoms with Gasteiger partial charge in [-0.2, -0.15) is 14.8 Å². The molecule has 39 heavy (non-hydrogen) atoms. The van der Waals surface area contributed by atoms with Gasteiger partial charge in [0.25, 0.3) is 5.91 Å². The predicted octanol–water partition coefficient (Wildman–Crippen LogP) is 3.17. The third-order valence-corrected chi connectivity index (χ3v) is 5.78. The zero-order valence-electron chi connectivity index (χ0n) is 20.0. The molecule has 0 aliphatic heterocycles. The monoisotopic (exact) mass is 542 g/mol. The van der Waals surface area contributed by atoms with Gasteiger partial charge in [-0.15, -0.1) is 5.10 Å². The van der Waals surface area contributed by atoms with Gasteiger partial charge in [-0.3, -0.25) is 9.59 Å². The van der Waals surface area contributed by atoms with Gasteiger partial charge in [0.2, 0.25) is 5.91 Å². The van der Waals surface area contributed by atoms with Crippen LogP contribution in [-0.2, 0) is 9.59 Å². The molecule has 0 saturated carbocycles. The minimum atomic E-state index is -0.992. The van der Waals surface area contributed by atoms with Crippen molar-refractivity contribution in [2.45, 2.75) is 6.04 Å². The molecule has 3 aromatic carbocycles. The van der Waals surface area contributed by atoms with Gasteiger partial charge in [0.05, 0.1) is 5.69 Å². The number of carbonyl (C=O) groups is 2. The van der Waals surface area contributed by atoms with Gasteiger partial charge in [0, 0.05) is 27.9 Å². The Morgan fingerprint density at radius 3 is 2.54 bits per heavy atom. The second-order valence-electron chi connectivity index (χ2n) is 8.14. The van der Waals surface area contributed by atoms with E-state index in [1.165, 1.54) is 17.1 Å². The Balaban J connectivity index is 1.33. The lowest BCUT2D eigenvalue weighted by Gasteiger charge is -2.18. The number of benzene rings is 3. The summed E-state index contributed by atoms with van der Waals surface area (Å²) in [6.07, 6.45) is 4.29. The van der Waals surface area contributed by atoms with E-state index in [0.717, 1.165) is 0 Å². The Morgan fingerprint density at radius 1 is 1.05 bits per heavy atom. The molecule has 1 atom stereocenters. The Hall–Kier alpha value is -5.36. The average Bonchev–Trinajstić information content (AvgIpc) is 3.64. The van der Waals surface area contributed by atoms with Gasteiger partial charge in [-0.25, -0.2) is 4.79 Å². The summed E-state index contributed by atoms with van der Waals surface area (Å²) in [5.41, 5.74) is 2.87. The smallest absolute Gasteiger partial charge is 0.337 e. The SMILES string of the molecule is O=C(/C=C/c1cc(Cl)ccc1-n1cnnn1)NC(C(=O)Nc1ccc(-c2nc(=O)o[nH]2)cc1)c1ccccc1. The first-order valence-corrected chi connectivity index (χ1v) is 11.9. The molecule has 0 aliphatic carbocycles. The number of nitrogens with zero attached hydrogens (tertiary/aromatic N) is 5. The van der Waals surface area contributed by atoms with Gasteiger partial charge in [0.15, 0.2) is 5.82 Å². The molecule has 0 fully saturated rings. The molecule has 0 aliphatic rings. The van der Waals surface area contributed by atoms with Crippen LogP contribution in [0.1, 0.15) is 17.2 Å². The van der Waals surface area contributed by atoms with Crippen LogP contribution < -0.4 is 16.4 Å². The van der Waals surface area contributed by atoms with Crippen LogP contribution in [0.5, 0.6) is 0 Å². The molecule has 0 saturated heterocycles. The van der Waals surface area contributed by atoms with Crippen molar-refractivity contribution in [1.29, 1.82) is 0 Å². The highest BCUT2D eigenvalue weighted by Crippen LogP contribution is 2.22. The van der Waals surface area contributed by atoms with E-state index in [9.17, 15) is 14.4 Å². The minimum absolute atomic E-state index is 0.266. The lowest BCUT2D eigenvalue weighted by Crippen LogP contribution is -2.36. The highest BCUT2D eigenvalue weighted by molar-refractivity contribution is 6.30. The van der Waals surface area contributed by atoms with Crippen molar-refractivity contribution in [1.82, 2.24) is 35.7 Å². The average molecular weight is 543 g/mol. The lowest BCUT2D eigenvalue weighted by molar-refractivity contribution is -0.123. The first-order chi connectivity index (χ1) is 19.0. The molecule has 1 unspecified atom stereocenters. The van der Waals surface area contributed by atoms with E-state index in [2.05, 4.69) is 40.8 Å². The van der Waals surface area contributed by atoms with Crippen LogP contribution in [-0.4, -0.2) is 42.2 Å². The molecule has 5 rings (SSSR count). The molecular weight excluding hydrogens is 524 g/mol. The summed E-state index contributed by atoms with van der Waals surface area (Å²) in [5.74, 6) is -1.43. The molecule has 2 aromatic heterocycles. The highest BCUT2D eigenvalue weighted by Gasteiger charge is 2.22. The van der Waals surface area contributed by atoms with Crippen molar-refractivity contribution >= 4 is 35.2 Å². The third kappa shape index (κ3) is 6.14. The van der Waals surface area contributed by atoms with Gasteiger partial charge >= 0.3 is 5.76 Å². The number of rotatable bonds is 8. The maximum absolute atomic E-state index is 13.3. The molecule has 0 radical (unpaired) electrons. The predicted molar refractivity (Wildman–Crippen MR) is 142 cm³/mol. The standard InChI is InChI=1S/C26H19ClN8O4/c27-19-9-12-21(35-15-28-33-34-35)18(14-19)8-13-22(36)30-23(16-4-2-1-3-5-16)25(37)29-20-10-6-17(7-11-20)24-31-26(38)39-32-24/h1-15,23H,(H,29,37)(H,30,36)(H,31,32,38)/b13-8+. The number of hydrogen-bond acceptors (Lipinski definition) is 8. The zero-order valence-corrected chi connectivity index (χ0v) is 20.7. The Kier molecular flexibility index (Phi) is 7.37. The molecule has 13 heteroatoms. The first kappa shape index (κ1) is 25.3. The van der Waals surface area contributed by atoms with Gasteiger partial charge < -0.3 is 15.2 Å². The summed E-state index contributed by atoms with van der Waals surface area (Å²) in [4.78, 5) is 41.1. The Labute approximate surface area is 225 Å². The fraction of sp³-hybridized carbons (Fsp3) is 0.0385. The third-order valence-electron chi connectivity index (χ3n) is 5.55. The summed E-state index contributed by atoms with van der Waals surface area (Å²) < 4.78 is 6.03. The van der Waals surface area contributed by atoms with Crippen LogP contribution in [0.25, 0.3) is 23.2 Å². The molecule has 12 nitrogen and oxygen atoms in total. The van der Waals surface area contributed by atoms with E-state index in [-0.39, 0.29) is 5.82 Å². The summed E-state index contributed by atoms with van der Waals surface area (Å²) in [7, 11) is 0. The van der Waals surface area contributed by atoms with E-state index < -0.39 is 23.6 Å². The number of amides is 2. The van der Waals surface area contributed by atoms with E-state index in [1.54, 1.807) is 72.8 Å². The minimum Gasteiger partial charge on any atom is -0.337 e. The molecule has 2 heterocycles. The first-order valence-electron chi connectivity index (χ1n) is 11.5. The molecular formula is C26H19ClN8O4. The topological polar surface area (TPSA) is 161 Å². The lowest BCUT2D eigenvalue weighted by atomic mass is 10.1. The van der Waals surface area contributed by atoms with Gasteiger partial charge in [0.1, 0.15) is 12.4 Å². The van der Waals surface area contributed by atoms with Gasteiger partial charge in [-0.1, -0.05) is 41.9 Å². The molecule has 0 bridgehead atoms. The summed E-state index contributed by atoms with van der Waals surface area (Å²) in [6, 6.07) is 19.5. The van der Waals surface area contributed by atoms with Crippen LogP contribution >= 0.6 is 11.6 Å². The maximum Gasteiger partial charge on any atom is 0.460 e. The summed E-state index contributed by atoms with van der Waals surface area (Å²) in [6.45, 7) is 0.